The second-order valence-corrected chi connectivity index (χ2v) is 6.02. The normalized spacial score (nSPS) is 17.0. The Hall–Kier alpha value is -0.900. The Kier molecular flexibility index (Phi) is 6.85. The van der Waals surface area contributed by atoms with Gasteiger partial charge in [0.2, 0.25) is 0 Å². The van der Waals surface area contributed by atoms with Crippen molar-refractivity contribution in [2.75, 3.05) is 20.3 Å². The number of benzene rings is 1. The van der Waals surface area contributed by atoms with E-state index in [1.54, 1.807) is 7.11 Å². The lowest BCUT2D eigenvalue weighted by Gasteiger charge is -2.41. The van der Waals surface area contributed by atoms with Crippen LogP contribution in [0.1, 0.15) is 32.8 Å². The van der Waals surface area contributed by atoms with Gasteiger partial charge in [0, 0.05) is 12.7 Å². The first-order valence-electron chi connectivity index (χ1n) is 7.56. The highest BCUT2D eigenvalue weighted by molar-refractivity contribution is 6.32. The number of carbonyl (C=O) groups excluding carboxylic acids is 1. The fourth-order valence-corrected chi connectivity index (χ4v) is 3.19. The van der Waals surface area contributed by atoms with Gasteiger partial charge in [-0.1, -0.05) is 25.1 Å². The van der Waals surface area contributed by atoms with Crippen LogP contribution in [0.2, 0.25) is 0 Å². The summed E-state index contributed by atoms with van der Waals surface area (Å²) < 4.78 is 5.56. The van der Waals surface area contributed by atoms with Gasteiger partial charge in [-0.25, -0.2) is 9.28 Å². The molecule has 4 heteroatoms. The minimum absolute atomic E-state index is 0.0152. The van der Waals surface area contributed by atoms with Crippen molar-refractivity contribution in [3.8, 4) is 0 Å². The van der Waals surface area contributed by atoms with Crippen LogP contribution < -0.4 is 4.48 Å². The lowest BCUT2D eigenvalue weighted by molar-refractivity contribution is -0.132. The first-order valence-corrected chi connectivity index (χ1v) is 8.00. The summed E-state index contributed by atoms with van der Waals surface area (Å²) in [6.45, 7) is 9.25. The maximum absolute atomic E-state index is 13.1. The standard InChI is InChI=1S/C17H27ClNO2/c1-6-15(18)17(20)19(7-2,14(4)12-21-5)16-11-9-8-10-13(16)3/h8-11,14-15H,6-7,12H2,1-5H3/q+1. The van der Waals surface area contributed by atoms with Gasteiger partial charge < -0.3 is 4.74 Å². The van der Waals surface area contributed by atoms with Crippen LogP contribution in [-0.4, -0.2) is 37.6 Å². The largest absolute Gasteiger partial charge is 0.378 e. The smallest absolute Gasteiger partial charge is 0.336 e. The Labute approximate surface area is 133 Å². The molecule has 0 aromatic heterocycles. The molecule has 0 aliphatic carbocycles. The molecule has 1 amide bonds. The van der Waals surface area contributed by atoms with Crippen LogP contribution in [0.15, 0.2) is 24.3 Å². The zero-order chi connectivity index (χ0) is 16.0. The van der Waals surface area contributed by atoms with Gasteiger partial charge in [0.1, 0.15) is 17.1 Å². The number of likely N-dealkylation sites (N-methyl/N-ethyl adjacent to an activating group) is 1. The van der Waals surface area contributed by atoms with E-state index in [0.29, 0.717) is 19.6 Å². The Morgan fingerprint density at radius 2 is 1.95 bits per heavy atom. The number of para-hydroxylation sites is 1. The molecule has 1 aromatic carbocycles. The van der Waals surface area contributed by atoms with Crippen LogP contribution in [0.25, 0.3) is 0 Å². The van der Waals surface area contributed by atoms with E-state index in [1.807, 2.05) is 45.0 Å². The first kappa shape index (κ1) is 18.1. The second kappa shape index (κ2) is 7.92. The van der Waals surface area contributed by atoms with Crippen LogP contribution in [0.5, 0.6) is 0 Å². The number of ether oxygens (including phenoxy) is 1. The Morgan fingerprint density at radius 3 is 2.43 bits per heavy atom. The average molecular weight is 313 g/mol. The molecule has 0 bridgehead atoms. The van der Waals surface area contributed by atoms with Gasteiger partial charge in [-0.3, -0.25) is 0 Å². The molecule has 1 rings (SSSR count). The molecular formula is C17H27ClNO2+. The number of hydrogen-bond acceptors (Lipinski definition) is 2. The number of halogens is 1. The minimum atomic E-state index is -0.483. The summed E-state index contributed by atoms with van der Waals surface area (Å²) in [6.07, 6.45) is 0.631. The van der Waals surface area contributed by atoms with Gasteiger partial charge >= 0.3 is 5.91 Å². The average Bonchev–Trinajstić information content (AvgIpc) is 2.49. The first-order chi connectivity index (χ1) is 9.95. The molecule has 0 aliphatic heterocycles. The van der Waals surface area contributed by atoms with Gasteiger partial charge in [0.25, 0.3) is 0 Å². The number of aryl methyl sites for hydroxylation is 1. The number of alkyl halides is 1. The molecule has 0 N–H and O–H groups in total. The summed E-state index contributed by atoms with van der Waals surface area (Å²) in [4.78, 5) is 13.1. The van der Waals surface area contributed by atoms with E-state index in [4.69, 9.17) is 16.3 Å². The van der Waals surface area contributed by atoms with Gasteiger partial charge in [-0.15, -0.1) is 11.6 Å². The van der Waals surface area contributed by atoms with Gasteiger partial charge in [-0.05, 0) is 33.3 Å². The van der Waals surface area contributed by atoms with E-state index >= 15 is 0 Å². The van der Waals surface area contributed by atoms with E-state index in [0.717, 1.165) is 11.3 Å². The number of amides is 1. The van der Waals surface area contributed by atoms with Crippen molar-refractivity contribution in [1.29, 1.82) is 0 Å². The maximum Gasteiger partial charge on any atom is 0.336 e. The highest BCUT2D eigenvalue weighted by atomic mass is 35.5. The molecule has 3 atom stereocenters. The van der Waals surface area contributed by atoms with Crippen LogP contribution in [0, 0.1) is 6.92 Å². The molecule has 0 radical (unpaired) electrons. The highest BCUT2D eigenvalue weighted by Crippen LogP contribution is 2.32. The van der Waals surface area contributed by atoms with Crippen molar-refractivity contribution < 1.29 is 9.53 Å². The van der Waals surface area contributed by atoms with E-state index < -0.39 is 5.38 Å². The fraction of sp³-hybridized carbons (Fsp3) is 0.588. The van der Waals surface area contributed by atoms with Crippen molar-refractivity contribution in [3.63, 3.8) is 0 Å². The molecule has 118 valence electrons. The van der Waals surface area contributed by atoms with Crippen LogP contribution in [-0.2, 0) is 9.53 Å². The molecule has 0 fully saturated rings. The molecule has 0 aliphatic rings. The summed E-state index contributed by atoms with van der Waals surface area (Å²) in [7, 11) is 1.67. The number of nitrogens with zero attached hydrogens (tertiary/aromatic N) is 1. The summed E-state index contributed by atoms with van der Waals surface area (Å²) in [5.74, 6) is 0.0560. The molecule has 0 saturated carbocycles. The monoisotopic (exact) mass is 312 g/mol. The molecule has 0 saturated heterocycles. The van der Waals surface area contributed by atoms with E-state index in [-0.39, 0.29) is 16.4 Å². The third kappa shape index (κ3) is 3.47. The van der Waals surface area contributed by atoms with E-state index in [9.17, 15) is 4.79 Å². The summed E-state index contributed by atoms with van der Waals surface area (Å²) in [6, 6.07) is 8.06. The Morgan fingerprint density at radius 1 is 1.33 bits per heavy atom. The Bertz CT molecular complexity index is 478. The predicted octanol–water partition coefficient (Wildman–Crippen LogP) is 3.90. The second-order valence-electron chi connectivity index (χ2n) is 5.49. The van der Waals surface area contributed by atoms with Crippen molar-refractivity contribution >= 4 is 23.2 Å². The number of methoxy groups -OCH3 is 1. The molecule has 21 heavy (non-hydrogen) atoms. The summed E-state index contributed by atoms with van der Waals surface area (Å²) >= 11 is 6.32. The highest BCUT2D eigenvalue weighted by Gasteiger charge is 2.46. The Balaban J connectivity index is 3.46. The SMILES string of the molecule is CCC(Cl)C(=O)[N+](CC)(c1ccccc1C)C(C)COC. The quantitative estimate of drug-likeness (QED) is 0.564. The molecule has 3 unspecified atom stereocenters. The van der Waals surface area contributed by atoms with Crippen molar-refractivity contribution in [3.05, 3.63) is 29.8 Å². The lowest BCUT2D eigenvalue weighted by Crippen LogP contribution is -2.63. The zero-order valence-corrected chi connectivity index (χ0v) is 14.5. The summed E-state index contributed by atoms with van der Waals surface area (Å²) in [5, 5.41) is -0.483. The molecule has 0 heterocycles. The number of carbonyl (C=O) groups is 1. The van der Waals surface area contributed by atoms with Crippen molar-refractivity contribution in [1.82, 2.24) is 4.48 Å². The summed E-state index contributed by atoms with van der Waals surface area (Å²) in [5.41, 5.74) is 2.13. The van der Waals surface area contributed by atoms with Gasteiger partial charge in [0.05, 0.1) is 13.2 Å². The third-order valence-corrected chi connectivity index (χ3v) is 4.72. The van der Waals surface area contributed by atoms with Crippen molar-refractivity contribution in [2.45, 2.75) is 45.5 Å². The zero-order valence-electron chi connectivity index (χ0n) is 13.7. The third-order valence-electron chi connectivity index (χ3n) is 4.22. The van der Waals surface area contributed by atoms with Gasteiger partial charge in [-0.2, -0.15) is 0 Å². The van der Waals surface area contributed by atoms with E-state index in [1.165, 1.54) is 0 Å². The molecule has 0 spiro atoms. The molecular weight excluding hydrogens is 286 g/mol. The predicted molar refractivity (Wildman–Crippen MR) is 89.8 cm³/mol. The van der Waals surface area contributed by atoms with Crippen LogP contribution >= 0.6 is 11.6 Å². The topological polar surface area (TPSA) is 26.3 Å². The lowest BCUT2D eigenvalue weighted by atomic mass is 10.0. The fourth-order valence-electron chi connectivity index (χ4n) is 3.02. The van der Waals surface area contributed by atoms with Gasteiger partial charge in [0.15, 0.2) is 0 Å². The van der Waals surface area contributed by atoms with Crippen LogP contribution in [0.4, 0.5) is 5.69 Å². The molecule has 1 aromatic rings. The van der Waals surface area contributed by atoms with E-state index in [2.05, 4.69) is 6.92 Å². The number of rotatable bonds is 7. The number of hydrogen-bond donors (Lipinski definition) is 0. The van der Waals surface area contributed by atoms with Crippen LogP contribution in [0.3, 0.4) is 0 Å². The van der Waals surface area contributed by atoms with Crippen molar-refractivity contribution in [2.24, 2.45) is 0 Å². The minimum Gasteiger partial charge on any atom is -0.378 e. The maximum atomic E-state index is 13.1. The molecule has 3 nitrogen and oxygen atoms in total. The number of quaternary nitrogens is 1.